The van der Waals surface area contributed by atoms with Gasteiger partial charge in [-0.05, 0) is 45.4 Å². The zero-order valence-electron chi connectivity index (χ0n) is 19.9. The number of rotatable bonds is 12. The number of aryl methyl sites for hydroxylation is 1. The summed E-state index contributed by atoms with van der Waals surface area (Å²) in [6.07, 6.45) is 2.61. The highest BCUT2D eigenvalue weighted by Gasteiger charge is 2.13. The minimum atomic E-state index is 0. The topological polar surface area (TPSA) is 85.6 Å². The highest BCUT2D eigenvalue weighted by atomic mass is 127. The Hall–Kier alpha value is -2.30. The van der Waals surface area contributed by atoms with Gasteiger partial charge in [-0.1, -0.05) is 25.1 Å². The Morgan fingerprint density at radius 2 is 1.91 bits per heavy atom. The number of halogens is 1. The van der Waals surface area contributed by atoms with E-state index < -0.39 is 0 Å². The highest BCUT2D eigenvalue weighted by Crippen LogP contribution is 2.30. The third kappa shape index (κ3) is 8.68. The van der Waals surface area contributed by atoms with Gasteiger partial charge in [0.25, 0.3) is 0 Å². The molecule has 178 valence electrons. The zero-order chi connectivity index (χ0) is 22.6. The van der Waals surface area contributed by atoms with Crippen molar-refractivity contribution < 1.29 is 9.47 Å². The summed E-state index contributed by atoms with van der Waals surface area (Å²) in [5.41, 5.74) is 2.09. The van der Waals surface area contributed by atoms with Crippen LogP contribution in [0, 0.1) is 0 Å². The number of hydrogen-bond donors (Lipinski definition) is 2. The molecule has 0 aliphatic carbocycles. The molecule has 0 radical (unpaired) electrons. The third-order valence-corrected chi connectivity index (χ3v) is 4.58. The van der Waals surface area contributed by atoms with Gasteiger partial charge in [-0.2, -0.15) is 0 Å². The first-order chi connectivity index (χ1) is 15.0. The van der Waals surface area contributed by atoms with Crippen LogP contribution in [0.5, 0.6) is 11.5 Å². The standard InChI is InChI=1S/C23H36N6O2.HI/c1-7-22-28-26-16-29(22)13-12-24-23(25-15-17(4)5)27-18(6)19-10-11-20(30-8-2)21(14-19)31-9-3;/h10-11,14,16,18H,4,7-9,12-13,15H2,1-3,5-6H3,(H2,24,25,27);1H. The zero-order valence-corrected chi connectivity index (χ0v) is 22.2. The van der Waals surface area contributed by atoms with E-state index >= 15 is 0 Å². The number of hydrogen-bond acceptors (Lipinski definition) is 5. The molecule has 1 heterocycles. The van der Waals surface area contributed by atoms with E-state index in [1.807, 2.05) is 43.5 Å². The molecule has 1 unspecified atom stereocenters. The lowest BCUT2D eigenvalue weighted by atomic mass is 10.1. The molecular weight excluding hydrogens is 519 g/mol. The SMILES string of the molecule is C=C(C)CN=C(NCCn1cnnc1CC)NC(C)c1ccc(OCC)c(OCC)c1.I. The van der Waals surface area contributed by atoms with Crippen molar-refractivity contribution in [1.82, 2.24) is 25.4 Å². The molecular formula is C23H37IN6O2. The summed E-state index contributed by atoms with van der Waals surface area (Å²) in [5, 5.41) is 15.0. The van der Waals surface area contributed by atoms with E-state index in [1.54, 1.807) is 6.33 Å². The van der Waals surface area contributed by atoms with Gasteiger partial charge in [0.1, 0.15) is 12.2 Å². The fraction of sp³-hybridized carbons (Fsp3) is 0.522. The normalized spacial score (nSPS) is 12.0. The quantitative estimate of drug-likeness (QED) is 0.177. The van der Waals surface area contributed by atoms with Gasteiger partial charge in [0.05, 0.1) is 25.8 Å². The molecule has 0 bridgehead atoms. The molecule has 1 aromatic carbocycles. The van der Waals surface area contributed by atoms with Gasteiger partial charge >= 0.3 is 0 Å². The van der Waals surface area contributed by atoms with E-state index in [1.165, 1.54) is 0 Å². The summed E-state index contributed by atoms with van der Waals surface area (Å²) in [7, 11) is 0. The summed E-state index contributed by atoms with van der Waals surface area (Å²) in [6, 6.07) is 6.05. The van der Waals surface area contributed by atoms with Gasteiger partial charge in [0.2, 0.25) is 0 Å². The predicted octanol–water partition coefficient (Wildman–Crippen LogP) is 4.13. The lowest BCUT2D eigenvalue weighted by molar-refractivity contribution is 0.287. The van der Waals surface area contributed by atoms with Crippen LogP contribution >= 0.6 is 24.0 Å². The Morgan fingerprint density at radius 1 is 1.19 bits per heavy atom. The average Bonchev–Trinajstić information content (AvgIpc) is 3.20. The van der Waals surface area contributed by atoms with Crippen LogP contribution in [0.2, 0.25) is 0 Å². The number of benzene rings is 1. The highest BCUT2D eigenvalue weighted by molar-refractivity contribution is 14.0. The van der Waals surface area contributed by atoms with Crippen molar-refractivity contribution in [3.63, 3.8) is 0 Å². The molecule has 32 heavy (non-hydrogen) atoms. The average molecular weight is 556 g/mol. The number of nitrogens with zero attached hydrogens (tertiary/aromatic N) is 4. The van der Waals surface area contributed by atoms with E-state index in [-0.39, 0.29) is 30.0 Å². The second kappa shape index (κ2) is 14.7. The van der Waals surface area contributed by atoms with Crippen molar-refractivity contribution in [2.75, 3.05) is 26.3 Å². The van der Waals surface area contributed by atoms with Crippen molar-refractivity contribution in [1.29, 1.82) is 0 Å². The van der Waals surface area contributed by atoms with Crippen molar-refractivity contribution >= 4 is 29.9 Å². The Morgan fingerprint density at radius 3 is 2.56 bits per heavy atom. The summed E-state index contributed by atoms with van der Waals surface area (Å²) < 4.78 is 13.5. The largest absolute Gasteiger partial charge is 0.490 e. The predicted molar refractivity (Wildman–Crippen MR) is 140 cm³/mol. The third-order valence-electron chi connectivity index (χ3n) is 4.58. The molecule has 2 rings (SSSR count). The summed E-state index contributed by atoms with van der Waals surface area (Å²) >= 11 is 0. The smallest absolute Gasteiger partial charge is 0.192 e. The van der Waals surface area contributed by atoms with Gasteiger partial charge in [-0.3, -0.25) is 0 Å². The minimum absolute atomic E-state index is 0. The molecule has 0 saturated carbocycles. The second-order valence-electron chi connectivity index (χ2n) is 7.28. The first-order valence-electron chi connectivity index (χ1n) is 10.9. The first-order valence-corrected chi connectivity index (χ1v) is 10.9. The lowest BCUT2D eigenvalue weighted by Crippen LogP contribution is -2.40. The van der Waals surface area contributed by atoms with E-state index in [0.29, 0.717) is 26.3 Å². The Bertz CT molecular complexity index is 868. The van der Waals surface area contributed by atoms with Crippen LogP contribution in [0.1, 0.15) is 52.0 Å². The van der Waals surface area contributed by atoms with Crippen LogP contribution in [0.3, 0.4) is 0 Å². The fourth-order valence-electron chi connectivity index (χ4n) is 3.03. The molecule has 0 aliphatic rings. The van der Waals surface area contributed by atoms with Crippen LogP contribution < -0.4 is 20.1 Å². The van der Waals surface area contributed by atoms with Crippen LogP contribution in [0.4, 0.5) is 0 Å². The molecule has 0 aliphatic heterocycles. The molecule has 2 aromatic rings. The van der Waals surface area contributed by atoms with Crippen LogP contribution in [-0.4, -0.2) is 47.0 Å². The van der Waals surface area contributed by atoms with E-state index in [2.05, 4.69) is 46.2 Å². The maximum Gasteiger partial charge on any atom is 0.192 e. The maximum absolute atomic E-state index is 5.77. The Balaban J connectivity index is 0.00000512. The molecule has 9 heteroatoms. The van der Waals surface area contributed by atoms with Gasteiger partial charge in [0, 0.05) is 19.5 Å². The van der Waals surface area contributed by atoms with Crippen LogP contribution in [-0.2, 0) is 13.0 Å². The molecule has 0 amide bonds. The number of guanidine groups is 1. The van der Waals surface area contributed by atoms with Crippen molar-refractivity contribution in [2.45, 2.75) is 53.6 Å². The number of aromatic nitrogens is 3. The molecule has 8 nitrogen and oxygen atoms in total. The molecule has 0 spiro atoms. The second-order valence-corrected chi connectivity index (χ2v) is 7.28. The number of ether oxygens (including phenoxy) is 2. The summed E-state index contributed by atoms with van der Waals surface area (Å²) in [4.78, 5) is 4.65. The van der Waals surface area contributed by atoms with Crippen molar-refractivity contribution in [3.05, 3.63) is 48.1 Å². The molecule has 1 atom stereocenters. The van der Waals surface area contributed by atoms with Gasteiger partial charge < -0.3 is 24.7 Å². The van der Waals surface area contributed by atoms with E-state index in [0.717, 1.165) is 47.4 Å². The molecule has 0 fully saturated rings. The summed E-state index contributed by atoms with van der Waals surface area (Å²) in [5.74, 6) is 3.22. The maximum atomic E-state index is 5.77. The Labute approximate surface area is 208 Å². The van der Waals surface area contributed by atoms with Gasteiger partial charge in [0.15, 0.2) is 17.5 Å². The summed E-state index contributed by atoms with van der Waals surface area (Å²) in [6.45, 7) is 17.2. The monoisotopic (exact) mass is 556 g/mol. The van der Waals surface area contributed by atoms with E-state index in [9.17, 15) is 0 Å². The fourth-order valence-corrected chi connectivity index (χ4v) is 3.03. The molecule has 1 aromatic heterocycles. The number of nitrogens with one attached hydrogen (secondary N) is 2. The van der Waals surface area contributed by atoms with Crippen LogP contribution in [0.25, 0.3) is 0 Å². The van der Waals surface area contributed by atoms with Crippen LogP contribution in [0.15, 0.2) is 41.7 Å². The van der Waals surface area contributed by atoms with Crippen molar-refractivity contribution in [2.24, 2.45) is 4.99 Å². The van der Waals surface area contributed by atoms with Crippen molar-refractivity contribution in [3.8, 4) is 11.5 Å². The van der Waals surface area contributed by atoms with Gasteiger partial charge in [-0.15, -0.1) is 34.2 Å². The Kier molecular flexibility index (Phi) is 12.7. The van der Waals surface area contributed by atoms with Gasteiger partial charge in [-0.25, -0.2) is 4.99 Å². The first kappa shape index (κ1) is 27.7. The molecule has 2 N–H and O–H groups in total. The lowest BCUT2D eigenvalue weighted by Gasteiger charge is -2.20. The number of aliphatic imine (C=N–C) groups is 1. The minimum Gasteiger partial charge on any atom is -0.490 e. The molecule has 0 saturated heterocycles. The van der Waals surface area contributed by atoms with E-state index in [4.69, 9.17) is 9.47 Å².